The number of rotatable bonds is 8. The highest BCUT2D eigenvalue weighted by Crippen LogP contribution is 2.30. The number of nitrogens with zero attached hydrogens (tertiary/aromatic N) is 1. The molecule has 0 saturated heterocycles. The van der Waals surface area contributed by atoms with Gasteiger partial charge in [-0.15, -0.1) is 0 Å². The van der Waals surface area contributed by atoms with E-state index >= 15 is 0 Å². The zero-order valence-corrected chi connectivity index (χ0v) is 14.0. The Balaban J connectivity index is 2.10. The number of nitrogens with one attached hydrogen (secondary N) is 1. The summed E-state index contributed by atoms with van der Waals surface area (Å²) in [6, 6.07) is 15.6. The first-order valence-corrected chi connectivity index (χ1v) is 7.84. The van der Waals surface area contributed by atoms with E-state index in [-0.39, 0.29) is 0 Å². The van der Waals surface area contributed by atoms with Crippen molar-refractivity contribution in [3.63, 3.8) is 0 Å². The number of ether oxygens (including phenoxy) is 2. The molecule has 0 amide bonds. The highest BCUT2D eigenvalue weighted by Gasteiger charge is 2.09. The van der Waals surface area contributed by atoms with Crippen molar-refractivity contribution in [2.45, 2.75) is 20.3 Å². The number of methoxy groups -OCH3 is 1. The van der Waals surface area contributed by atoms with Crippen molar-refractivity contribution in [3.05, 3.63) is 54.1 Å². The summed E-state index contributed by atoms with van der Waals surface area (Å²) in [5.74, 6) is 2.05. The van der Waals surface area contributed by atoms with Crippen LogP contribution in [0.2, 0.25) is 0 Å². The molecule has 1 N–H and O–H groups in total. The maximum atomic E-state index is 5.93. The molecule has 0 saturated carbocycles. The van der Waals surface area contributed by atoms with Crippen LogP contribution in [0.1, 0.15) is 25.8 Å². The summed E-state index contributed by atoms with van der Waals surface area (Å²) in [5.41, 5.74) is 4.83. The Morgan fingerprint density at radius 3 is 2.57 bits per heavy atom. The second-order valence-corrected chi connectivity index (χ2v) is 5.65. The predicted octanol–water partition coefficient (Wildman–Crippen LogP) is 4.57. The van der Waals surface area contributed by atoms with Crippen molar-refractivity contribution in [1.82, 2.24) is 0 Å². The molecular weight excluding hydrogens is 288 g/mol. The molecule has 0 radical (unpaired) electrons. The Labute approximate surface area is 138 Å². The number of para-hydroxylation sites is 2. The summed E-state index contributed by atoms with van der Waals surface area (Å²) in [7, 11) is 1.65. The average Bonchev–Trinajstić information content (AvgIpc) is 2.56. The van der Waals surface area contributed by atoms with Crippen LogP contribution in [0, 0.1) is 5.92 Å². The average molecular weight is 312 g/mol. The summed E-state index contributed by atoms with van der Waals surface area (Å²) in [5, 5.41) is 4.28. The van der Waals surface area contributed by atoms with Gasteiger partial charge in [0.2, 0.25) is 0 Å². The maximum absolute atomic E-state index is 5.93. The van der Waals surface area contributed by atoms with E-state index in [4.69, 9.17) is 9.47 Å². The lowest BCUT2D eigenvalue weighted by Gasteiger charge is -2.14. The van der Waals surface area contributed by atoms with Crippen LogP contribution in [0.25, 0.3) is 0 Å². The van der Waals surface area contributed by atoms with E-state index in [1.54, 1.807) is 13.3 Å². The van der Waals surface area contributed by atoms with Gasteiger partial charge in [0.25, 0.3) is 0 Å². The highest BCUT2D eigenvalue weighted by molar-refractivity contribution is 5.85. The number of hydrogen-bond acceptors (Lipinski definition) is 4. The molecular formula is C19H24N2O2. The minimum atomic E-state index is 0.599. The molecule has 2 aromatic rings. The minimum Gasteiger partial charge on any atom is -0.493 e. The van der Waals surface area contributed by atoms with E-state index in [1.807, 2.05) is 48.5 Å². The van der Waals surface area contributed by atoms with Crippen LogP contribution in [-0.4, -0.2) is 19.9 Å². The zero-order valence-electron chi connectivity index (χ0n) is 14.0. The van der Waals surface area contributed by atoms with Gasteiger partial charge in [-0.3, -0.25) is 5.43 Å². The molecule has 122 valence electrons. The topological polar surface area (TPSA) is 42.8 Å². The lowest BCUT2D eigenvalue weighted by Crippen LogP contribution is -2.05. The van der Waals surface area contributed by atoms with Crippen molar-refractivity contribution in [2.75, 3.05) is 19.1 Å². The van der Waals surface area contributed by atoms with E-state index in [2.05, 4.69) is 24.4 Å². The van der Waals surface area contributed by atoms with Gasteiger partial charge < -0.3 is 9.47 Å². The van der Waals surface area contributed by atoms with Crippen LogP contribution in [-0.2, 0) is 0 Å². The van der Waals surface area contributed by atoms with E-state index in [9.17, 15) is 0 Å². The van der Waals surface area contributed by atoms with Crippen molar-refractivity contribution < 1.29 is 9.47 Å². The second kappa shape index (κ2) is 8.83. The fourth-order valence-corrected chi connectivity index (χ4v) is 2.04. The molecule has 2 aromatic carbocycles. The lowest BCUT2D eigenvalue weighted by atomic mass is 10.1. The third-order valence-corrected chi connectivity index (χ3v) is 3.34. The Morgan fingerprint density at radius 1 is 1.09 bits per heavy atom. The first kappa shape index (κ1) is 16.9. The highest BCUT2D eigenvalue weighted by atomic mass is 16.5. The van der Waals surface area contributed by atoms with E-state index in [0.29, 0.717) is 12.5 Å². The van der Waals surface area contributed by atoms with E-state index in [0.717, 1.165) is 29.2 Å². The van der Waals surface area contributed by atoms with Crippen LogP contribution in [0.3, 0.4) is 0 Å². The third-order valence-electron chi connectivity index (χ3n) is 3.34. The van der Waals surface area contributed by atoms with Gasteiger partial charge >= 0.3 is 0 Å². The van der Waals surface area contributed by atoms with E-state index in [1.165, 1.54) is 0 Å². The first-order chi connectivity index (χ1) is 11.2. The monoisotopic (exact) mass is 312 g/mol. The smallest absolute Gasteiger partial charge is 0.169 e. The molecule has 0 heterocycles. The fraction of sp³-hybridized carbons (Fsp3) is 0.316. The number of benzene rings is 2. The summed E-state index contributed by atoms with van der Waals surface area (Å²) in [6.45, 7) is 5.01. The van der Waals surface area contributed by atoms with Gasteiger partial charge in [0.05, 0.1) is 25.6 Å². The van der Waals surface area contributed by atoms with Crippen molar-refractivity contribution in [2.24, 2.45) is 11.0 Å². The van der Waals surface area contributed by atoms with Crippen LogP contribution in [0.5, 0.6) is 11.5 Å². The minimum absolute atomic E-state index is 0.599. The Kier molecular flexibility index (Phi) is 6.48. The van der Waals surface area contributed by atoms with Crippen molar-refractivity contribution >= 4 is 11.9 Å². The molecule has 0 unspecified atom stereocenters. The molecule has 0 atom stereocenters. The number of hydrogen-bond donors (Lipinski definition) is 1. The molecule has 0 bridgehead atoms. The standard InChI is InChI=1S/C19H24N2O2/c1-15(2)12-13-23-19-16(8-7-11-18(19)22-3)14-20-21-17-9-5-4-6-10-17/h4-11,14-15,21H,12-13H2,1-3H3. The van der Waals surface area contributed by atoms with Crippen LogP contribution in [0.15, 0.2) is 53.6 Å². The van der Waals surface area contributed by atoms with Gasteiger partial charge in [0.15, 0.2) is 11.5 Å². The van der Waals surface area contributed by atoms with Gasteiger partial charge in [-0.25, -0.2) is 0 Å². The summed E-state index contributed by atoms with van der Waals surface area (Å²) in [4.78, 5) is 0. The molecule has 2 rings (SSSR count). The number of anilines is 1. The van der Waals surface area contributed by atoms with Gasteiger partial charge in [-0.2, -0.15) is 5.10 Å². The quantitative estimate of drug-likeness (QED) is 0.573. The third kappa shape index (κ3) is 5.33. The van der Waals surface area contributed by atoms with Gasteiger partial charge in [-0.05, 0) is 36.6 Å². The molecule has 23 heavy (non-hydrogen) atoms. The second-order valence-electron chi connectivity index (χ2n) is 5.65. The zero-order chi connectivity index (χ0) is 16.5. The normalized spacial score (nSPS) is 11.0. The van der Waals surface area contributed by atoms with Gasteiger partial charge in [-0.1, -0.05) is 38.1 Å². The molecule has 0 aliphatic carbocycles. The Bertz CT molecular complexity index is 625. The van der Waals surface area contributed by atoms with Crippen LogP contribution in [0.4, 0.5) is 5.69 Å². The van der Waals surface area contributed by atoms with Gasteiger partial charge in [0.1, 0.15) is 0 Å². The van der Waals surface area contributed by atoms with Gasteiger partial charge in [0, 0.05) is 5.56 Å². The lowest BCUT2D eigenvalue weighted by molar-refractivity contribution is 0.272. The molecule has 0 spiro atoms. The summed E-state index contributed by atoms with van der Waals surface area (Å²) >= 11 is 0. The molecule has 4 nitrogen and oxygen atoms in total. The first-order valence-electron chi connectivity index (χ1n) is 7.84. The Hall–Kier alpha value is -2.49. The van der Waals surface area contributed by atoms with Crippen LogP contribution < -0.4 is 14.9 Å². The largest absolute Gasteiger partial charge is 0.493 e. The number of hydrazone groups is 1. The summed E-state index contributed by atoms with van der Waals surface area (Å²) in [6.07, 6.45) is 2.75. The predicted molar refractivity (Wildman–Crippen MR) is 95.6 cm³/mol. The maximum Gasteiger partial charge on any atom is 0.169 e. The molecule has 4 heteroatoms. The SMILES string of the molecule is COc1cccc(C=NNc2ccccc2)c1OCCC(C)C. The summed E-state index contributed by atoms with van der Waals surface area (Å²) < 4.78 is 11.3. The Morgan fingerprint density at radius 2 is 1.87 bits per heavy atom. The molecule has 0 fully saturated rings. The molecule has 0 aliphatic heterocycles. The van der Waals surface area contributed by atoms with Crippen molar-refractivity contribution in [1.29, 1.82) is 0 Å². The molecule has 0 aromatic heterocycles. The van der Waals surface area contributed by atoms with Crippen LogP contribution >= 0.6 is 0 Å². The van der Waals surface area contributed by atoms with Crippen molar-refractivity contribution in [3.8, 4) is 11.5 Å². The van der Waals surface area contributed by atoms with E-state index < -0.39 is 0 Å². The molecule has 0 aliphatic rings. The fourth-order valence-electron chi connectivity index (χ4n) is 2.04.